The minimum absolute atomic E-state index is 0.248. The van der Waals surface area contributed by atoms with E-state index < -0.39 is 5.97 Å². The lowest BCUT2D eigenvalue weighted by atomic mass is 10.2. The molecule has 1 N–H and O–H groups in total. The number of halogens is 1. The summed E-state index contributed by atoms with van der Waals surface area (Å²) in [5.74, 6) is -0.490. The molecule has 3 rings (SSSR count). The first-order valence-electron chi connectivity index (χ1n) is 9.82. The van der Waals surface area contributed by atoms with E-state index in [2.05, 4.69) is 26.1 Å². The standard InChI is InChI=1S/C22H24BrN3O5/c1-30-19-8-6-18(7-9-19)25-10-12-26(13-11-25)20(27)15-31-21(28)14-24-22(29)16-2-4-17(23)5-3-16/h2-9H,10-15H2,1H3,(H,24,29). The molecular formula is C22H24BrN3O5. The van der Waals surface area contributed by atoms with Crippen molar-refractivity contribution in [2.45, 2.75) is 0 Å². The van der Waals surface area contributed by atoms with Crippen molar-refractivity contribution in [3.8, 4) is 5.75 Å². The van der Waals surface area contributed by atoms with E-state index in [-0.39, 0.29) is 25.0 Å². The van der Waals surface area contributed by atoms with Crippen LogP contribution in [-0.2, 0) is 14.3 Å². The Balaban J connectivity index is 1.37. The number of benzene rings is 2. The number of methoxy groups -OCH3 is 1. The van der Waals surface area contributed by atoms with Crippen LogP contribution < -0.4 is 15.0 Å². The predicted molar refractivity (Wildman–Crippen MR) is 119 cm³/mol. The highest BCUT2D eigenvalue weighted by atomic mass is 79.9. The van der Waals surface area contributed by atoms with Crippen LogP contribution in [0.25, 0.3) is 0 Å². The monoisotopic (exact) mass is 489 g/mol. The quantitative estimate of drug-likeness (QED) is 0.599. The minimum atomic E-state index is -0.657. The first kappa shape index (κ1) is 22.6. The lowest BCUT2D eigenvalue weighted by Crippen LogP contribution is -2.50. The molecule has 2 aromatic rings. The SMILES string of the molecule is COc1ccc(N2CCN(C(=O)COC(=O)CNC(=O)c3ccc(Br)cc3)CC2)cc1. The molecule has 0 spiro atoms. The van der Waals surface area contributed by atoms with Crippen molar-refractivity contribution in [2.24, 2.45) is 0 Å². The summed E-state index contributed by atoms with van der Waals surface area (Å²) in [5, 5.41) is 2.48. The van der Waals surface area contributed by atoms with Gasteiger partial charge in [0, 0.05) is 41.9 Å². The third-order valence-electron chi connectivity index (χ3n) is 4.93. The third-order valence-corrected chi connectivity index (χ3v) is 5.45. The molecule has 0 aromatic heterocycles. The largest absolute Gasteiger partial charge is 0.497 e. The highest BCUT2D eigenvalue weighted by Gasteiger charge is 2.22. The van der Waals surface area contributed by atoms with E-state index in [1.165, 1.54) is 0 Å². The molecule has 1 fully saturated rings. The molecule has 9 heteroatoms. The van der Waals surface area contributed by atoms with Crippen molar-refractivity contribution in [3.63, 3.8) is 0 Å². The Labute approximate surface area is 189 Å². The summed E-state index contributed by atoms with van der Waals surface area (Å²) < 4.78 is 11.0. The van der Waals surface area contributed by atoms with Crippen LogP contribution >= 0.6 is 15.9 Å². The Hall–Kier alpha value is -3.07. The number of esters is 1. The maximum atomic E-state index is 12.3. The molecule has 2 aromatic carbocycles. The Bertz CT molecular complexity index is 910. The normalized spacial score (nSPS) is 13.5. The number of ether oxygens (including phenoxy) is 2. The van der Waals surface area contributed by atoms with Gasteiger partial charge >= 0.3 is 5.97 Å². The minimum Gasteiger partial charge on any atom is -0.497 e. The van der Waals surface area contributed by atoms with E-state index >= 15 is 0 Å². The van der Waals surface area contributed by atoms with E-state index in [4.69, 9.17) is 9.47 Å². The number of nitrogens with zero attached hydrogens (tertiary/aromatic N) is 2. The number of piperazine rings is 1. The van der Waals surface area contributed by atoms with Gasteiger partial charge in [-0.25, -0.2) is 0 Å². The lowest BCUT2D eigenvalue weighted by Gasteiger charge is -2.36. The van der Waals surface area contributed by atoms with Crippen LogP contribution in [0.2, 0.25) is 0 Å². The number of hydrogen-bond acceptors (Lipinski definition) is 6. The van der Waals surface area contributed by atoms with Crippen LogP contribution in [0.5, 0.6) is 5.75 Å². The topological polar surface area (TPSA) is 88.2 Å². The fraction of sp³-hybridized carbons (Fsp3) is 0.318. The van der Waals surface area contributed by atoms with E-state index in [9.17, 15) is 14.4 Å². The number of anilines is 1. The summed E-state index contributed by atoms with van der Waals surface area (Å²) in [6.07, 6.45) is 0. The molecule has 31 heavy (non-hydrogen) atoms. The van der Waals surface area contributed by atoms with Gasteiger partial charge in [0.15, 0.2) is 6.61 Å². The molecule has 1 aliphatic rings. The van der Waals surface area contributed by atoms with E-state index in [0.717, 1.165) is 15.9 Å². The van der Waals surface area contributed by atoms with Crippen molar-refractivity contribution in [3.05, 3.63) is 58.6 Å². The second kappa shape index (κ2) is 10.8. The summed E-state index contributed by atoms with van der Waals surface area (Å²) in [4.78, 5) is 40.1. The Morgan fingerprint density at radius 2 is 1.61 bits per heavy atom. The number of nitrogens with one attached hydrogen (secondary N) is 1. The molecule has 164 valence electrons. The maximum Gasteiger partial charge on any atom is 0.325 e. The molecule has 0 radical (unpaired) electrons. The number of hydrogen-bond donors (Lipinski definition) is 1. The van der Waals surface area contributed by atoms with Gasteiger partial charge in [0.05, 0.1) is 7.11 Å². The number of amides is 2. The number of carbonyl (C=O) groups excluding carboxylic acids is 3. The highest BCUT2D eigenvalue weighted by molar-refractivity contribution is 9.10. The van der Waals surface area contributed by atoms with E-state index in [0.29, 0.717) is 31.7 Å². The molecule has 1 aliphatic heterocycles. The summed E-state index contributed by atoms with van der Waals surface area (Å²) in [6.45, 7) is 1.83. The fourth-order valence-corrected chi connectivity index (χ4v) is 3.41. The third kappa shape index (κ3) is 6.45. The van der Waals surface area contributed by atoms with Gasteiger partial charge < -0.3 is 24.6 Å². The lowest BCUT2D eigenvalue weighted by molar-refractivity contribution is -0.151. The summed E-state index contributed by atoms with van der Waals surface area (Å²) >= 11 is 3.29. The molecule has 0 aliphatic carbocycles. The van der Waals surface area contributed by atoms with Gasteiger partial charge in [0.1, 0.15) is 12.3 Å². The van der Waals surface area contributed by atoms with Gasteiger partial charge in [-0.05, 0) is 48.5 Å². The maximum absolute atomic E-state index is 12.3. The molecule has 0 unspecified atom stereocenters. The van der Waals surface area contributed by atoms with Gasteiger partial charge in [-0.2, -0.15) is 0 Å². The van der Waals surface area contributed by atoms with Crippen molar-refractivity contribution in [1.29, 1.82) is 0 Å². The van der Waals surface area contributed by atoms with Gasteiger partial charge in [-0.15, -0.1) is 0 Å². The number of rotatable bonds is 7. The number of carbonyl (C=O) groups is 3. The Kier molecular flexibility index (Phi) is 7.88. The molecular weight excluding hydrogens is 466 g/mol. The first-order chi connectivity index (χ1) is 15.0. The summed E-state index contributed by atoms with van der Waals surface area (Å²) in [7, 11) is 1.63. The molecule has 2 amide bonds. The van der Waals surface area contributed by atoms with E-state index in [1.54, 1.807) is 36.3 Å². The van der Waals surface area contributed by atoms with Crippen LogP contribution in [0, 0.1) is 0 Å². The van der Waals surface area contributed by atoms with E-state index in [1.807, 2.05) is 24.3 Å². The zero-order valence-electron chi connectivity index (χ0n) is 17.2. The van der Waals surface area contributed by atoms with Gasteiger partial charge in [0.2, 0.25) is 0 Å². The second-order valence-electron chi connectivity index (χ2n) is 6.92. The van der Waals surface area contributed by atoms with Crippen LogP contribution in [0.1, 0.15) is 10.4 Å². The molecule has 0 bridgehead atoms. The van der Waals surface area contributed by atoms with Crippen LogP contribution in [0.4, 0.5) is 5.69 Å². The molecule has 0 atom stereocenters. The first-order valence-corrected chi connectivity index (χ1v) is 10.6. The van der Waals surface area contributed by atoms with Crippen molar-refractivity contribution in [1.82, 2.24) is 10.2 Å². The molecule has 1 saturated heterocycles. The average Bonchev–Trinajstić information content (AvgIpc) is 2.81. The Morgan fingerprint density at radius 3 is 2.23 bits per heavy atom. The molecule has 8 nitrogen and oxygen atoms in total. The van der Waals surface area contributed by atoms with Crippen molar-refractivity contribution in [2.75, 3.05) is 51.3 Å². The zero-order chi connectivity index (χ0) is 22.2. The summed E-state index contributed by atoms with van der Waals surface area (Å²) in [6, 6.07) is 14.5. The molecule has 1 heterocycles. The van der Waals surface area contributed by atoms with Crippen LogP contribution in [0.15, 0.2) is 53.0 Å². The molecule has 0 saturated carbocycles. The second-order valence-corrected chi connectivity index (χ2v) is 7.83. The van der Waals surface area contributed by atoms with Crippen LogP contribution in [-0.4, -0.2) is 69.1 Å². The average molecular weight is 490 g/mol. The van der Waals surface area contributed by atoms with Gasteiger partial charge in [-0.3, -0.25) is 14.4 Å². The van der Waals surface area contributed by atoms with Crippen LogP contribution in [0.3, 0.4) is 0 Å². The van der Waals surface area contributed by atoms with Gasteiger partial charge in [-0.1, -0.05) is 15.9 Å². The smallest absolute Gasteiger partial charge is 0.325 e. The zero-order valence-corrected chi connectivity index (χ0v) is 18.8. The van der Waals surface area contributed by atoms with Crippen molar-refractivity contribution >= 4 is 39.4 Å². The van der Waals surface area contributed by atoms with Crippen molar-refractivity contribution < 1.29 is 23.9 Å². The summed E-state index contributed by atoms with van der Waals surface area (Å²) in [5.41, 5.74) is 1.50. The Morgan fingerprint density at radius 1 is 0.968 bits per heavy atom. The fourth-order valence-electron chi connectivity index (χ4n) is 3.15. The van der Waals surface area contributed by atoms with Gasteiger partial charge in [0.25, 0.3) is 11.8 Å². The highest BCUT2D eigenvalue weighted by Crippen LogP contribution is 2.20. The predicted octanol–water partition coefficient (Wildman–Crippen LogP) is 2.08.